The molecular formula is C19H14ClF3N4O. The van der Waals surface area contributed by atoms with Crippen molar-refractivity contribution >= 4 is 29.0 Å². The quantitative estimate of drug-likeness (QED) is 0.543. The summed E-state index contributed by atoms with van der Waals surface area (Å²) in [5.41, 5.74) is 2.29. The fourth-order valence-corrected chi connectivity index (χ4v) is 2.68. The van der Waals surface area contributed by atoms with Crippen molar-refractivity contribution in [1.82, 2.24) is 9.97 Å². The van der Waals surface area contributed by atoms with E-state index in [9.17, 15) is 18.0 Å². The molecule has 0 saturated carbocycles. The average molecular weight is 407 g/mol. The summed E-state index contributed by atoms with van der Waals surface area (Å²) < 4.78 is 37.6. The summed E-state index contributed by atoms with van der Waals surface area (Å²) in [6, 6.07) is 10.1. The molecule has 3 aromatic rings. The second-order valence-corrected chi connectivity index (χ2v) is 6.29. The third-order valence-corrected chi connectivity index (χ3v) is 4.05. The minimum absolute atomic E-state index is 0.138. The maximum atomic E-state index is 12.5. The number of nitrogens with zero attached hydrogens (tertiary/aromatic N) is 2. The van der Waals surface area contributed by atoms with Gasteiger partial charge in [-0.05, 0) is 60.0 Å². The van der Waals surface area contributed by atoms with E-state index in [-0.39, 0.29) is 5.69 Å². The first kappa shape index (κ1) is 19.6. The van der Waals surface area contributed by atoms with Gasteiger partial charge in [-0.25, -0.2) is 14.8 Å². The molecule has 9 heteroatoms. The van der Waals surface area contributed by atoms with Crippen LogP contribution in [0.15, 0.2) is 54.9 Å². The Labute approximate surface area is 163 Å². The highest BCUT2D eigenvalue weighted by molar-refractivity contribution is 6.29. The van der Waals surface area contributed by atoms with E-state index in [0.717, 1.165) is 35.0 Å². The molecule has 2 aromatic heterocycles. The minimum Gasteiger partial charge on any atom is -0.308 e. The van der Waals surface area contributed by atoms with Crippen LogP contribution in [0.1, 0.15) is 11.3 Å². The molecule has 0 aliphatic heterocycles. The number of anilines is 2. The van der Waals surface area contributed by atoms with Crippen molar-refractivity contribution in [3.05, 3.63) is 71.3 Å². The molecule has 0 atom stereocenters. The Hall–Kier alpha value is -3.13. The topological polar surface area (TPSA) is 66.9 Å². The lowest BCUT2D eigenvalue weighted by atomic mass is 10.0. The molecule has 144 valence electrons. The fraction of sp³-hybridized carbons (Fsp3) is 0.105. The van der Waals surface area contributed by atoms with E-state index in [1.807, 2.05) is 13.0 Å². The fourth-order valence-electron chi connectivity index (χ4n) is 2.51. The number of alkyl halides is 3. The Morgan fingerprint density at radius 1 is 1.00 bits per heavy atom. The molecule has 0 aliphatic rings. The maximum Gasteiger partial charge on any atom is 0.433 e. The van der Waals surface area contributed by atoms with Gasteiger partial charge in [0.05, 0.1) is 11.9 Å². The van der Waals surface area contributed by atoms with Crippen LogP contribution in [0.5, 0.6) is 0 Å². The minimum atomic E-state index is -4.53. The van der Waals surface area contributed by atoms with Gasteiger partial charge in [-0.15, -0.1) is 0 Å². The SMILES string of the molecule is Cc1ccc(NC(=O)Nc2ccc(C(F)(F)F)nc2)cc1-c1ccnc(Cl)c1. The van der Waals surface area contributed by atoms with Gasteiger partial charge in [0.1, 0.15) is 10.8 Å². The molecule has 0 radical (unpaired) electrons. The van der Waals surface area contributed by atoms with Gasteiger partial charge >= 0.3 is 12.2 Å². The summed E-state index contributed by atoms with van der Waals surface area (Å²) in [6.45, 7) is 1.92. The Kier molecular flexibility index (Phi) is 5.51. The largest absolute Gasteiger partial charge is 0.433 e. The number of urea groups is 1. The number of hydrogen-bond donors (Lipinski definition) is 2. The molecule has 0 aliphatic carbocycles. The summed E-state index contributed by atoms with van der Waals surface area (Å²) >= 11 is 5.93. The number of halogens is 4. The zero-order valence-electron chi connectivity index (χ0n) is 14.5. The molecule has 1 aromatic carbocycles. The summed E-state index contributed by atoms with van der Waals surface area (Å²) in [6.07, 6.45) is -2.00. The zero-order valence-corrected chi connectivity index (χ0v) is 15.3. The van der Waals surface area contributed by atoms with Crippen molar-refractivity contribution in [2.24, 2.45) is 0 Å². The second kappa shape index (κ2) is 7.85. The van der Waals surface area contributed by atoms with Crippen LogP contribution in [0.3, 0.4) is 0 Å². The number of benzene rings is 1. The Balaban J connectivity index is 1.73. The normalized spacial score (nSPS) is 11.2. The number of rotatable bonds is 3. The van der Waals surface area contributed by atoms with Gasteiger partial charge in [0, 0.05) is 11.9 Å². The number of hydrogen-bond acceptors (Lipinski definition) is 3. The van der Waals surface area contributed by atoms with Crippen LogP contribution in [-0.2, 0) is 6.18 Å². The summed E-state index contributed by atoms with van der Waals surface area (Å²) in [4.78, 5) is 19.4. The van der Waals surface area contributed by atoms with Gasteiger partial charge in [0.2, 0.25) is 0 Å². The van der Waals surface area contributed by atoms with Gasteiger partial charge < -0.3 is 10.6 Å². The van der Waals surface area contributed by atoms with Crippen molar-refractivity contribution in [2.45, 2.75) is 13.1 Å². The van der Waals surface area contributed by atoms with Gasteiger partial charge in [0.25, 0.3) is 0 Å². The summed E-state index contributed by atoms with van der Waals surface area (Å²) in [5.74, 6) is 0. The second-order valence-electron chi connectivity index (χ2n) is 5.91. The first-order valence-electron chi connectivity index (χ1n) is 8.06. The zero-order chi connectivity index (χ0) is 20.3. The van der Waals surface area contributed by atoms with Gasteiger partial charge in [0.15, 0.2) is 0 Å². The van der Waals surface area contributed by atoms with E-state index >= 15 is 0 Å². The molecule has 5 nitrogen and oxygen atoms in total. The lowest BCUT2D eigenvalue weighted by molar-refractivity contribution is -0.141. The number of aromatic nitrogens is 2. The van der Waals surface area contributed by atoms with Crippen molar-refractivity contribution in [2.75, 3.05) is 10.6 Å². The first-order chi connectivity index (χ1) is 13.2. The third-order valence-electron chi connectivity index (χ3n) is 3.84. The smallest absolute Gasteiger partial charge is 0.308 e. The molecule has 2 heterocycles. The van der Waals surface area contributed by atoms with Crippen molar-refractivity contribution in [1.29, 1.82) is 0 Å². The van der Waals surface area contributed by atoms with Crippen LogP contribution >= 0.6 is 11.6 Å². The number of pyridine rings is 2. The Morgan fingerprint density at radius 2 is 1.71 bits per heavy atom. The van der Waals surface area contributed by atoms with Crippen LogP contribution in [0.4, 0.5) is 29.3 Å². The molecule has 0 fully saturated rings. The van der Waals surface area contributed by atoms with Crippen LogP contribution in [0.2, 0.25) is 5.15 Å². The van der Waals surface area contributed by atoms with Gasteiger partial charge in [-0.1, -0.05) is 17.7 Å². The predicted molar refractivity (Wildman–Crippen MR) is 101 cm³/mol. The maximum absolute atomic E-state index is 12.5. The van der Waals surface area contributed by atoms with E-state index in [4.69, 9.17) is 11.6 Å². The molecule has 28 heavy (non-hydrogen) atoms. The van der Waals surface area contributed by atoms with Crippen molar-refractivity contribution < 1.29 is 18.0 Å². The van der Waals surface area contributed by atoms with Gasteiger partial charge in [-0.2, -0.15) is 13.2 Å². The van der Waals surface area contributed by atoms with Crippen molar-refractivity contribution in [3.8, 4) is 11.1 Å². The average Bonchev–Trinajstić information content (AvgIpc) is 2.63. The lowest BCUT2D eigenvalue weighted by Gasteiger charge is -2.12. The first-order valence-corrected chi connectivity index (χ1v) is 8.44. The van der Waals surface area contributed by atoms with Crippen LogP contribution in [-0.4, -0.2) is 16.0 Å². The third kappa shape index (κ3) is 4.77. The monoisotopic (exact) mass is 406 g/mol. The highest BCUT2D eigenvalue weighted by Gasteiger charge is 2.32. The number of carbonyl (C=O) groups excluding carboxylic acids is 1. The van der Waals surface area contributed by atoms with Gasteiger partial charge in [-0.3, -0.25) is 0 Å². The molecule has 2 N–H and O–H groups in total. The Morgan fingerprint density at radius 3 is 2.36 bits per heavy atom. The summed E-state index contributed by atoms with van der Waals surface area (Å²) in [7, 11) is 0. The highest BCUT2D eigenvalue weighted by Crippen LogP contribution is 2.29. The number of aryl methyl sites for hydroxylation is 1. The number of amides is 2. The van der Waals surface area contributed by atoms with E-state index in [1.165, 1.54) is 0 Å². The Bertz CT molecular complexity index is 1010. The van der Waals surface area contributed by atoms with E-state index in [1.54, 1.807) is 30.5 Å². The highest BCUT2D eigenvalue weighted by atomic mass is 35.5. The molecule has 3 rings (SSSR count). The predicted octanol–water partition coefficient (Wildman–Crippen LogP) is 5.77. The summed E-state index contributed by atoms with van der Waals surface area (Å²) in [5, 5.41) is 5.43. The van der Waals surface area contributed by atoms with Crippen molar-refractivity contribution in [3.63, 3.8) is 0 Å². The molecular weight excluding hydrogens is 393 g/mol. The molecule has 0 bridgehead atoms. The number of carbonyl (C=O) groups is 1. The molecule has 2 amide bonds. The van der Waals surface area contributed by atoms with E-state index < -0.39 is 17.9 Å². The standard InChI is InChI=1S/C19H14ClF3N4O/c1-11-2-3-13(9-15(11)12-6-7-24-17(20)8-12)26-18(28)27-14-4-5-16(25-10-14)19(21,22)23/h2-10H,1H3,(H2,26,27,28). The lowest BCUT2D eigenvalue weighted by Crippen LogP contribution is -2.20. The van der Waals surface area contributed by atoms with Crippen LogP contribution in [0, 0.1) is 6.92 Å². The van der Waals surface area contributed by atoms with E-state index in [2.05, 4.69) is 20.6 Å². The van der Waals surface area contributed by atoms with E-state index in [0.29, 0.717) is 10.8 Å². The molecule has 0 spiro atoms. The van der Waals surface area contributed by atoms with Crippen LogP contribution < -0.4 is 10.6 Å². The number of nitrogens with one attached hydrogen (secondary N) is 2. The molecule has 0 unspecified atom stereocenters. The van der Waals surface area contributed by atoms with Crippen LogP contribution in [0.25, 0.3) is 11.1 Å². The molecule has 0 saturated heterocycles.